The molecule has 9 heteroatoms. The van der Waals surface area contributed by atoms with Gasteiger partial charge < -0.3 is 24.3 Å². The number of piperidine rings is 1. The molecule has 3 heterocycles. The molecule has 1 amide bonds. The predicted octanol–water partition coefficient (Wildman–Crippen LogP) is 4.68. The average molecular weight is 488 g/mol. The lowest BCUT2D eigenvalue weighted by molar-refractivity contribution is 0.00578. The van der Waals surface area contributed by atoms with Crippen LogP contribution in [0.25, 0.3) is 10.9 Å². The van der Waals surface area contributed by atoms with Crippen molar-refractivity contribution in [2.75, 3.05) is 18.0 Å². The van der Waals surface area contributed by atoms with Gasteiger partial charge in [-0.2, -0.15) is 0 Å². The summed E-state index contributed by atoms with van der Waals surface area (Å²) >= 11 is 6.68. The van der Waals surface area contributed by atoms with E-state index in [2.05, 4.69) is 21.3 Å². The largest absolute Gasteiger partial charge is 0.494 e. The van der Waals surface area contributed by atoms with E-state index in [0.29, 0.717) is 5.02 Å². The van der Waals surface area contributed by atoms with Gasteiger partial charge in [-0.15, -0.1) is 0 Å². The normalized spacial score (nSPS) is 20.6. The minimum atomic E-state index is -0.511. The van der Waals surface area contributed by atoms with E-state index in [0.717, 1.165) is 48.0 Å². The monoisotopic (exact) mass is 487 g/mol. The van der Waals surface area contributed by atoms with Crippen molar-refractivity contribution in [3.05, 3.63) is 29.4 Å². The fourth-order valence-corrected chi connectivity index (χ4v) is 4.61. The molecule has 0 aliphatic carbocycles. The van der Waals surface area contributed by atoms with Crippen molar-refractivity contribution in [1.29, 1.82) is 0 Å². The summed E-state index contributed by atoms with van der Waals surface area (Å²) < 4.78 is 17.9. The molecule has 4 rings (SSSR count). The van der Waals surface area contributed by atoms with Crippen molar-refractivity contribution in [2.24, 2.45) is 0 Å². The lowest BCUT2D eigenvalue weighted by Gasteiger charge is -2.35. The van der Waals surface area contributed by atoms with Crippen LogP contribution in [-0.4, -0.2) is 54.1 Å². The van der Waals surface area contributed by atoms with Gasteiger partial charge in [-0.05, 0) is 72.8 Å². The van der Waals surface area contributed by atoms with Gasteiger partial charge in [0, 0.05) is 30.7 Å². The number of hydrogen-bond acceptors (Lipinski definition) is 6. The van der Waals surface area contributed by atoms with E-state index in [-0.39, 0.29) is 12.1 Å². The number of amides is 1. The van der Waals surface area contributed by atoms with Crippen LogP contribution in [0.1, 0.15) is 61.3 Å². The fraction of sp³-hybridized carbons (Fsp3) is 0.600. The topological polar surface area (TPSA) is 72.9 Å². The van der Waals surface area contributed by atoms with E-state index >= 15 is 0 Å². The van der Waals surface area contributed by atoms with Gasteiger partial charge >= 0.3 is 13.2 Å². The number of nitrogens with zero attached hydrogens (tertiary/aromatic N) is 2. The number of halogens is 1. The Labute approximate surface area is 207 Å². The second-order valence-electron chi connectivity index (χ2n) is 11.2. The molecule has 184 valence electrons. The summed E-state index contributed by atoms with van der Waals surface area (Å²) in [6.07, 6.45) is 2.94. The maximum absolute atomic E-state index is 12.2. The van der Waals surface area contributed by atoms with Crippen LogP contribution in [0.4, 0.5) is 10.5 Å². The highest BCUT2D eigenvalue weighted by Crippen LogP contribution is 2.38. The minimum absolute atomic E-state index is 0.0679. The number of nitrogens with one attached hydrogen (secondary N) is 1. The van der Waals surface area contributed by atoms with Crippen LogP contribution in [-0.2, 0) is 14.0 Å². The first-order chi connectivity index (χ1) is 15.8. The van der Waals surface area contributed by atoms with Crippen molar-refractivity contribution in [3.8, 4) is 0 Å². The molecular weight excluding hydrogens is 453 g/mol. The second-order valence-corrected chi connectivity index (χ2v) is 11.6. The maximum atomic E-state index is 12.2. The molecule has 0 spiro atoms. The number of anilines is 1. The molecule has 1 aromatic carbocycles. The Bertz CT molecular complexity index is 1060. The molecule has 2 aromatic rings. The first-order valence-electron chi connectivity index (χ1n) is 11.9. The number of carbonyl (C=O) groups excluding carboxylic acids is 1. The molecule has 2 fully saturated rings. The van der Waals surface area contributed by atoms with E-state index in [1.165, 1.54) is 0 Å². The van der Waals surface area contributed by atoms with Gasteiger partial charge in [-0.3, -0.25) is 4.98 Å². The molecule has 2 aliphatic heterocycles. The standard InChI is InChI=1S/C25H35BClN3O4/c1-23(2,3)32-22(31)29-17-10-12-30(13-11-17)21-18-14-16(8-9-20(18)28-15-19(21)27)26-33-24(4,5)25(6,7)34-26/h8-9,14-15,17H,10-13H2,1-7H3,(H,29,31). The zero-order valence-corrected chi connectivity index (χ0v) is 22.0. The number of rotatable bonds is 3. The molecule has 2 aliphatic rings. The van der Waals surface area contributed by atoms with Crippen LogP contribution in [0.5, 0.6) is 0 Å². The molecule has 0 radical (unpaired) electrons. The lowest BCUT2D eigenvalue weighted by atomic mass is 9.78. The molecule has 2 saturated heterocycles. The van der Waals surface area contributed by atoms with Gasteiger partial charge in [0.15, 0.2) is 0 Å². The summed E-state index contributed by atoms with van der Waals surface area (Å²) in [5.41, 5.74) is 1.44. The maximum Gasteiger partial charge on any atom is 0.494 e. The molecule has 34 heavy (non-hydrogen) atoms. The number of ether oxygens (including phenoxy) is 1. The van der Waals surface area contributed by atoms with Crippen LogP contribution < -0.4 is 15.7 Å². The van der Waals surface area contributed by atoms with E-state index in [1.807, 2.05) is 60.6 Å². The number of alkyl carbamates (subject to hydrolysis) is 1. The van der Waals surface area contributed by atoms with E-state index in [4.69, 9.17) is 25.6 Å². The molecule has 1 N–H and O–H groups in total. The number of pyridine rings is 1. The molecule has 1 aromatic heterocycles. The molecule has 0 saturated carbocycles. The van der Waals surface area contributed by atoms with Crippen molar-refractivity contribution < 1.29 is 18.8 Å². The van der Waals surface area contributed by atoms with Gasteiger partial charge in [0.1, 0.15) is 5.60 Å². The SMILES string of the molecule is CC(C)(C)OC(=O)NC1CCN(c2c(Cl)cnc3ccc(B4OC(C)(C)C(C)(C)O4)cc23)CC1. The quantitative estimate of drug-likeness (QED) is 0.634. The third kappa shape index (κ3) is 5.14. The van der Waals surface area contributed by atoms with Crippen LogP contribution in [0.3, 0.4) is 0 Å². The summed E-state index contributed by atoms with van der Waals surface area (Å²) in [7, 11) is -0.454. The summed E-state index contributed by atoms with van der Waals surface area (Å²) in [5.74, 6) is 0. The van der Waals surface area contributed by atoms with Crippen molar-refractivity contribution in [3.63, 3.8) is 0 Å². The first kappa shape index (κ1) is 25.1. The molecule has 7 nitrogen and oxygen atoms in total. The minimum Gasteiger partial charge on any atom is -0.444 e. The Hall–Kier alpha value is -2.03. The molecule has 0 bridgehead atoms. The van der Waals surface area contributed by atoms with Crippen molar-refractivity contribution in [2.45, 2.75) is 84.2 Å². The average Bonchev–Trinajstić information content (AvgIpc) is 2.94. The number of fused-ring (bicyclic) bond motifs is 1. The van der Waals surface area contributed by atoms with Crippen LogP contribution in [0, 0.1) is 0 Å². The first-order valence-corrected chi connectivity index (χ1v) is 12.3. The summed E-state index contributed by atoms with van der Waals surface area (Å²) in [6, 6.07) is 6.15. The lowest BCUT2D eigenvalue weighted by Crippen LogP contribution is -2.46. The smallest absolute Gasteiger partial charge is 0.444 e. The van der Waals surface area contributed by atoms with Gasteiger partial charge in [0.05, 0.1) is 27.4 Å². The van der Waals surface area contributed by atoms with Crippen LogP contribution >= 0.6 is 11.6 Å². The second kappa shape index (κ2) is 8.88. The highest BCUT2D eigenvalue weighted by molar-refractivity contribution is 6.62. The summed E-state index contributed by atoms with van der Waals surface area (Å²) in [6.45, 7) is 15.3. The van der Waals surface area contributed by atoms with Crippen molar-refractivity contribution >= 4 is 46.9 Å². The van der Waals surface area contributed by atoms with Crippen LogP contribution in [0.2, 0.25) is 5.02 Å². The number of aromatic nitrogens is 1. The molecular formula is C25H35BClN3O4. The van der Waals surface area contributed by atoms with Crippen LogP contribution in [0.15, 0.2) is 24.4 Å². The highest BCUT2D eigenvalue weighted by atomic mass is 35.5. The summed E-state index contributed by atoms with van der Waals surface area (Å²) in [4.78, 5) is 19.0. The zero-order chi connectivity index (χ0) is 24.9. The van der Waals surface area contributed by atoms with E-state index < -0.39 is 23.9 Å². The van der Waals surface area contributed by atoms with E-state index in [9.17, 15) is 4.79 Å². The number of benzene rings is 1. The Morgan fingerprint density at radius 1 is 1.18 bits per heavy atom. The molecule has 0 unspecified atom stereocenters. The number of carbonyl (C=O) groups is 1. The van der Waals surface area contributed by atoms with Gasteiger partial charge in [0.2, 0.25) is 0 Å². The number of hydrogen-bond donors (Lipinski definition) is 1. The predicted molar refractivity (Wildman–Crippen MR) is 137 cm³/mol. The Kier molecular flexibility index (Phi) is 6.55. The fourth-order valence-electron chi connectivity index (χ4n) is 4.34. The van der Waals surface area contributed by atoms with Gasteiger partial charge in [-0.1, -0.05) is 23.7 Å². The van der Waals surface area contributed by atoms with E-state index in [1.54, 1.807) is 6.20 Å². The molecule has 0 atom stereocenters. The Morgan fingerprint density at radius 2 is 1.79 bits per heavy atom. The third-order valence-corrected chi connectivity index (χ3v) is 7.15. The Morgan fingerprint density at radius 3 is 2.38 bits per heavy atom. The Balaban J connectivity index is 1.54. The van der Waals surface area contributed by atoms with Crippen molar-refractivity contribution in [1.82, 2.24) is 10.3 Å². The van der Waals surface area contributed by atoms with Gasteiger partial charge in [0.25, 0.3) is 0 Å². The van der Waals surface area contributed by atoms with Gasteiger partial charge in [-0.25, -0.2) is 4.79 Å². The zero-order valence-electron chi connectivity index (χ0n) is 21.2. The highest BCUT2D eigenvalue weighted by Gasteiger charge is 2.51. The third-order valence-electron chi connectivity index (χ3n) is 6.88. The summed E-state index contributed by atoms with van der Waals surface area (Å²) in [5, 5.41) is 4.57.